The average Bonchev–Trinajstić information content (AvgIpc) is 3.68. The summed E-state index contributed by atoms with van der Waals surface area (Å²) >= 11 is 2.75. The lowest BCUT2D eigenvalue weighted by molar-refractivity contribution is -0.130. The Morgan fingerprint density at radius 3 is 2.79 bits per heavy atom. The first-order chi connectivity index (χ1) is 16.7. The van der Waals surface area contributed by atoms with Crippen molar-refractivity contribution in [3.63, 3.8) is 0 Å². The molecule has 34 heavy (non-hydrogen) atoms. The van der Waals surface area contributed by atoms with Gasteiger partial charge in [0.05, 0.1) is 42.9 Å². The topological polar surface area (TPSA) is 103 Å². The summed E-state index contributed by atoms with van der Waals surface area (Å²) in [6, 6.07) is 12.8. The van der Waals surface area contributed by atoms with Crippen LogP contribution in [0.5, 0.6) is 11.5 Å². The van der Waals surface area contributed by atoms with E-state index in [0.29, 0.717) is 23.7 Å². The number of carbonyl (C=O) groups is 1. The summed E-state index contributed by atoms with van der Waals surface area (Å²) < 4.78 is 21.7. The van der Waals surface area contributed by atoms with Crippen LogP contribution in [0.4, 0.5) is 0 Å². The second-order valence-corrected chi connectivity index (χ2v) is 9.11. The molecule has 0 aliphatic carbocycles. The molecule has 1 aliphatic heterocycles. The van der Waals surface area contributed by atoms with Gasteiger partial charge in [-0.25, -0.2) is 5.01 Å². The van der Waals surface area contributed by atoms with E-state index in [1.54, 1.807) is 37.7 Å². The van der Waals surface area contributed by atoms with Crippen molar-refractivity contribution >= 4 is 34.7 Å². The lowest BCUT2D eigenvalue weighted by Gasteiger charge is -2.22. The Balaban J connectivity index is 1.36. The highest BCUT2D eigenvalue weighted by Gasteiger charge is 2.34. The number of methoxy groups -OCH3 is 2. The third kappa shape index (κ3) is 4.44. The lowest BCUT2D eigenvalue weighted by Crippen LogP contribution is -2.28. The highest BCUT2D eigenvalue weighted by molar-refractivity contribution is 7.99. The molecule has 9 nitrogen and oxygen atoms in total. The number of hydrazone groups is 1. The summed E-state index contributed by atoms with van der Waals surface area (Å²) in [4.78, 5) is 14.3. The fraction of sp³-hybridized carbons (Fsp3) is 0.217. The van der Waals surface area contributed by atoms with E-state index < -0.39 is 0 Å². The molecule has 11 heteroatoms. The second kappa shape index (κ2) is 9.74. The first-order valence-electron chi connectivity index (χ1n) is 10.3. The molecule has 1 unspecified atom stereocenters. The Kier molecular flexibility index (Phi) is 6.37. The molecule has 0 saturated heterocycles. The number of aromatic nitrogens is 2. The summed E-state index contributed by atoms with van der Waals surface area (Å²) in [6.07, 6.45) is 2.12. The van der Waals surface area contributed by atoms with Crippen molar-refractivity contribution in [1.82, 2.24) is 15.2 Å². The Morgan fingerprint density at radius 2 is 2.06 bits per heavy atom. The van der Waals surface area contributed by atoms with Gasteiger partial charge in [-0.1, -0.05) is 23.9 Å². The minimum Gasteiger partial charge on any atom is -0.493 e. The van der Waals surface area contributed by atoms with Crippen LogP contribution in [0.3, 0.4) is 0 Å². The number of hydrogen-bond donors (Lipinski definition) is 0. The monoisotopic (exact) mass is 496 g/mol. The van der Waals surface area contributed by atoms with Crippen LogP contribution in [0, 0.1) is 0 Å². The lowest BCUT2D eigenvalue weighted by atomic mass is 10.0. The zero-order chi connectivity index (χ0) is 23.5. The molecule has 0 spiro atoms. The number of rotatable bonds is 8. The van der Waals surface area contributed by atoms with Crippen molar-refractivity contribution in [2.45, 2.75) is 17.7 Å². The fourth-order valence-corrected chi connectivity index (χ4v) is 4.95. The van der Waals surface area contributed by atoms with E-state index in [0.717, 1.165) is 27.9 Å². The smallest absolute Gasteiger partial charge is 0.284 e. The Hall–Kier alpha value is -3.57. The van der Waals surface area contributed by atoms with E-state index in [-0.39, 0.29) is 28.8 Å². The van der Waals surface area contributed by atoms with Crippen LogP contribution in [0.2, 0.25) is 0 Å². The minimum absolute atomic E-state index is 0.0881. The molecule has 0 fully saturated rings. The Morgan fingerprint density at radius 1 is 1.18 bits per heavy atom. The van der Waals surface area contributed by atoms with Gasteiger partial charge in [0.25, 0.3) is 17.0 Å². The molecule has 1 amide bonds. The molecule has 0 radical (unpaired) electrons. The van der Waals surface area contributed by atoms with Crippen LogP contribution in [-0.4, -0.2) is 46.8 Å². The number of furan rings is 1. The molecule has 174 valence electrons. The molecule has 1 atom stereocenters. The summed E-state index contributed by atoms with van der Waals surface area (Å²) in [5, 5.41) is 16.5. The molecule has 0 bridgehead atoms. The number of benzene rings is 1. The van der Waals surface area contributed by atoms with Crippen molar-refractivity contribution in [2.75, 3.05) is 20.0 Å². The number of ether oxygens (including phenoxy) is 2. The maximum atomic E-state index is 13.3. The number of carbonyl (C=O) groups excluding carboxylic acids is 1. The van der Waals surface area contributed by atoms with Crippen LogP contribution in [0.15, 0.2) is 73.3 Å². The number of nitrogens with zero attached hydrogens (tertiary/aromatic N) is 4. The van der Waals surface area contributed by atoms with Crippen molar-refractivity contribution < 1.29 is 23.1 Å². The maximum Gasteiger partial charge on any atom is 0.284 e. The van der Waals surface area contributed by atoms with Crippen LogP contribution in [-0.2, 0) is 4.79 Å². The number of amides is 1. The third-order valence-electron chi connectivity index (χ3n) is 5.22. The molecular formula is C23H20N4O5S2. The predicted molar refractivity (Wildman–Crippen MR) is 127 cm³/mol. The maximum absolute atomic E-state index is 13.3. The van der Waals surface area contributed by atoms with Gasteiger partial charge >= 0.3 is 0 Å². The van der Waals surface area contributed by atoms with E-state index in [1.807, 2.05) is 35.7 Å². The van der Waals surface area contributed by atoms with Gasteiger partial charge in [-0.05, 0) is 41.3 Å². The summed E-state index contributed by atoms with van der Waals surface area (Å²) in [7, 11) is 3.18. The largest absolute Gasteiger partial charge is 0.493 e. The quantitative estimate of drug-likeness (QED) is 0.318. The molecular weight excluding hydrogens is 476 g/mol. The van der Waals surface area contributed by atoms with Gasteiger partial charge in [-0.3, -0.25) is 4.79 Å². The molecule has 0 N–H and O–H groups in total. The third-order valence-corrected chi connectivity index (χ3v) is 6.94. The van der Waals surface area contributed by atoms with Crippen molar-refractivity contribution in [1.29, 1.82) is 0 Å². The van der Waals surface area contributed by atoms with Crippen LogP contribution in [0.1, 0.15) is 22.9 Å². The molecule has 1 aliphatic rings. The molecule has 1 aromatic carbocycles. The second-order valence-electron chi connectivity index (χ2n) is 7.24. The first-order valence-corrected chi connectivity index (χ1v) is 12.2. The normalized spacial score (nSPS) is 15.4. The van der Waals surface area contributed by atoms with E-state index in [4.69, 9.17) is 18.3 Å². The fourth-order valence-electron chi connectivity index (χ4n) is 3.61. The molecule has 3 aromatic heterocycles. The van der Waals surface area contributed by atoms with E-state index in [1.165, 1.54) is 11.3 Å². The van der Waals surface area contributed by atoms with Gasteiger partial charge < -0.3 is 18.3 Å². The molecule has 4 aromatic rings. The highest BCUT2D eigenvalue weighted by Crippen LogP contribution is 2.38. The minimum atomic E-state index is -0.272. The van der Waals surface area contributed by atoms with Gasteiger partial charge in [0, 0.05) is 6.42 Å². The van der Waals surface area contributed by atoms with E-state index >= 15 is 0 Å². The number of hydrogen-bond acceptors (Lipinski definition) is 10. The predicted octanol–water partition coefficient (Wildman–Crippen LogP) is 4.88. The number of thiophene rings is 1. The summed E-state index contributed by atoms with van der Waals surface area (Å²) in [5.41, 5.74) is 1.77. The standard InChI is InChI=1S/C23H20N4O5S2/c1-29-17-8-7-14(11-19(17)30-2)16-12-15(20-6-4-10-33-20)26-27(16)21(28)13-34-23-25-24-22(32-23)18-5-3-9-31-18/h3-11,16H,12-13H2,1-2H3. The van der Waals surface area contributed by atoms with E-state index in [2.05, 4.69) is 15.3 Å². The zero-order valence-electron chi connectivity index (χ0n) is 18.3. The Bertz CT molecular complexity index is 1300. The molecule has 5 rings (SSSR count). The van der Waals surface area contributed by atoms with Crippen molar-refractivity contribution in [2.24, 2.45) is 5.10 Å². The summed E-state index contributed by atoms with van der Waals surface area (Å²) in [6.45, 7) is 0. The van der Waals surface area contributed by atoms with Gasteiger partial charge in [0.1, 0.15) is 0 Å². The van der Waals surface area contributed by atoms with Gasteiger partial charge in [-0.15, -0.1) is 21.5 Å². The van der Waals surface area contributed by atoms with Crippen molar-refractivity contribution in [3.05, 3.63) is 64.5 Å². The highest BCUT2D eigenvalue weighted by atomic mass is 32.2. The zero-order valence-corrected chi connectivity index (χ0v) is 20.0. The Labute approximate surface area is 203 Å². The van der Waals surface area contributed by atoms with Gasteiger partial charge in [0.15, 0.2) is 17.3 Å². The first kappa shape index (κ1) is 22.2. The van der Waals surface area contributed by atoms with Crippen molar-refractivity contribution in [3.8, 4) is 23.1 Å². The number of thioether (sulfide) groups is 1. The van der Waals surface area contributed by atoms with E-state index in [9.17, 15) is 4.79 Å². The van der Waals surface area contributed by atoms with Crippen LogP contribution in [0.25, 0.3) is 11.7 Å². The average molecular weight is 497 g/mol. The van der Waals surface area contributed by atoms with Crippen LogP contribution < -0.4 is 9.47 Å². The molecule has 0 saturated carbocycles. The van der Waals surface area contributed by atoms with Gasteiger partial charge in [-0.2, -0.15) is 5.10 Å². The molecule has 4 heterocycles. The SMILES string of the molecule is COc1ccc(C2CC(c3cccs3)=NN2C(=O)CSc2nnc(-c3ccco3)o2)cc1OC. The van der Waals surface area contributed by atoms with Crippen LogP contribution >= 0.6 is 23.1 Å². The summed E-state index contributed by atoms with van der Waals surface area (Å²) in [5.74, 6) is 1.88. The van der Waals surface area contributed by atoms with Gasteiger partial charge in [0.2, 0.25) is 0 Å².